The van der Waals surface area contributed by atoms with Gasteiger partial charge in [-0.05, 0) is 54.3 Å². The molecular formula is C32H41Cl2N5O4. The van der Waals surface area contributed by atoms with Gasteiger partial charge in [-0.15, -0.1) is 5.01 Å². The number of benzene rings is 3. The second-order valence-electron chi connectivity index (χ2n) is 12.1. The molecule has 43 heavy (non-hydrogen) atoms. The molecule has 1 aliphatic heterocycles. The smallest absolute Gasteiger partial charge is 0.387 e. The van der Waals surface area contributed by atoms with Crippen molar-refractivity contribution in [3.05, 3.63) is 88.1 Å². The molecule has 1 unspecified atom stereocenters. The fraction of sp³-hybridized carbons (Fsp3) is 0.406. The molecule has 0 aromatic heterocycles. The van der Waals surface area contributed by atoms with Gasteiger partial charge in [0, 0.05) is 18.0 Å². The van der Waals surface area contributed by atoms with Crippen molar-refractivity contribution < 1.29 is 36.0 Å². The van der Waals surface area contributed by atoms with Crippen LogP contribution >= 0.6 is 11.6 Å². The first kappa shape index (κ1) is 34.4. The van der Waals surface area contributed by atoms with Gasteiger partial charge >= 0.3 is 5.91 Å². The summed E-state index contributed by atoms with van der Waals surface area (Å²) < 4.78 is -1.04. The van der Waals surface area contributed by atoms with Crippen LogP contribution in [0.25, 0.3) is 10.8 Å². The standard InChI is InChI=1S/C32H40ClN5O4.ClH/c1-6-38(42,29(39)21-37(3,4)5)36-22(2)17-18-35(32(41)30(36)25-14-10-15-26(33)19-25)28(31(34)40)20-24-13-9-12-23-11-7-8-16-27(23)24;/h7-16,19,22,28,30H,6,17-18,20-21H2,1-5H3,(H-,34,40);1H/t22-,28-,30+,38?;/m1./s1. The lowest BCUT2D eigenvalue weighted by atomic mass is 9.96. The van der Waals surface area contributed by atoms with Gasteiger partial charge in [-0.1, -0.05) is 66.2 Å². The van der Waals surface area contributed by atoms with Crippen LogP contribution in [-0.2, 0) is 20.8 Å². The van der Waals surface area contributed by atoms with E-state index in [1.165, 1.54) is 9.91 Å². The highest BCUT2D eigenvalue weighted by Gasteiger charge is 2.50. The molecule has 3 aromatic rings. The Kier molecular flexibility index (Phi) is 11.0. The molecule has 11 heteroatoms. The number of hydroxylamine groups is 2. The van der Waals surface area contributed by atoms with Crippen molar-refractivity contribution >= 4 is 40.1 Å². The topological polar surface area (TPSA) is 107 Å². The van der Waals surface area contributed by atoms with Gasteiger partial charge < -0.3 is 32.7 Å². The maximum atomic E-state index is 14.7. The molecule has 1 aliphatic rings. The summed E-state index contributed by atoms with van der Waals surface area (Å²) in [6.45, 7) is 3.58. The van der Waals surface area contributed by atoms with Crippen molar-refractivity contribution in [1.29, 1.82) is 0 Å². The molecule has 232 valence electrons. The number of hydrogen-bond acceptors (Lipinski definition) is 5. The summed E-state index contributed by atoms with van der Waals surface area (Å²) in [5.74, 6) is -1.65. The van der Waals surface area contributed by atoms with Gasteiger partial charge in [0.15, 0.2) is 12.6 Å². The zero-order chi connectivity index (χ0) is 30.8. The molecule has 0 spiro atoms. The molecule has 1 fully saturated rings. The fourth-order valence-electron chi connectivity index (χ4n) is 5.91. The molecule has 4 atom stereocenters. The van der Waals surface area contributed by atoms with Gasteiger partial charge in [-0.25, -0.2) is 9.55 Å². The molecule has 1 heterocycles. The number of rotatable bonds is 9. The number of carbonyl (C=O) groups excluding carboxylic acids is 3. The summed E-state index contributed by atoms with van der Waals surface area (Å²) >= 11 is 6.38. The van der Waals surface area contributed by atoms with E-state index in [1.54, 1.807) is 31.2 Å². The monoisotopic (exact) mass is 629 g/mol. The number of halogens is 2. The van der Waals surface area contributed by atoms with Crippen molar-refractivity contribution in [3.8, 4) is 0 Å². The molecule has 0 saturated carbocycles. The van der Waals surface area contributed by atoms with E-state index < -0.39 is 40.6 Å². The third-order valence-electron chi connectivity index (χ3n) is 7.98. The molecule has 0 aliphatic carbocycles. The second-order valence-corrected chi connectivity index (χ2v) is 12.6. The van der Waals surface area contributed by atoms with Gasteiger partial charge in [0.2, 0.25) is 5.91 Å². The van der Waals surface area contributed by atoms with Crippen molar-refractivity contribution in [1.82, 2.24) is 9.91 Å². The van der Waals surface area contributed by atoms with E-state index in [4.69, 9.17) is 17.3 Å². The fourth-order valence-corrected chi connectivity index (χ4v) is 6.11. The van der Waals surface area contributed by atoms with E-state index in [0.717, 1.165) is 16.3 Å². The average Bonchev–Trinajstić information content (AvgIpc) is 3.06. The maximum Gasteiger partial charge on any atom is 0.387 e. The van der Waals surface area contributed by atoms with Crippen LogP contribution in [-0.4, -0.2) is 89.7 Å². The summed E-state index contributed by atoms with van der Waals surface area (Å²) in [4.78, 5) is 42.9. The number of likely N-dealkylation sites (N-methyl/N-ethyl adjacent to an activating group) is 2. The summed E-state index contributed by atoms with van der Waals surface area (Å²) in [6.07, 6.45) is 0.576. The van der Waals surface area contributed by atoms with Crippen LogP contribution in [0.3, 0.4) is 0 Å². The molecule has 3 aromatic carbocycles. The van der Waals surface area contributed by atoms with E-state index in [1.807, 2.05) is 70.5 Å². The predicted molar refractivity (Wildman–Crippen MR) is 165 cm³/mol. The van der Waals surface area contributed by atoms with E-state index in [2.05, 4.69) is 0 Å². The number of nitrogens with two attached hydrogens (primary N) is 1. The predicted octanol–water partition coefficient (Wildman–Crippen LogP) is 1.04. The largest absolute Gasteiger partial charge is 1.00 e. The minimum Gasteiger partial charge on any atom is -1.00 e. The Balaban J connectivity index is 0.00000506. The average molecular weight is 631 g/mol. The van der Waals surface area contributed by atoms with Crippen LogP contribution in [0.4, 0.5) is 0 Å². The van der Waals surface area contributed by atoms with Crippen molar-refractivity contribution in [2.75, 3.05) is 40.8 Å². The third-order valence-corrected chi connectivity index (χ3v) is 8.22. The lowest BCUT2D eigenvalue weighted by Crippen LogP contribution is -3.00. The molecule has 0 radical (unpaired) electrons. The Labute approximate surface area is 264 Å². The van der Waals surface area contributed by atoms with Crippen LogP contribution in [0.15, 0.2) is 66.7 Å². The minimum atomic E-state index is -1.31. The highest BCUT2D eigenvalue weighted by molar-refractivity contribution is 6.30. The molecular weight excluding hydrogens is 589 g/mol. The quantitative estimate of drug-likeness (QED) is 0.281. The van der Waals surface area contributed by atoms with E-state index >= 15 is 0 Å². The Bertz CT molecular complexity index is 1470. The van der Waals surface area contributed by atoms with Crippen molar-refractivity contribution in [2.24, 2.45) is 5.73 Å². The van der Waals surface area contributed by atoms with Gasteiger partial charge in [0.1, 0.15) is 12.6 Å². The number of fused-ring (bicyclic) bond motifs is 1. The highest BCUT2D eigenvalue weighted by atomic mass is 35.5. The molecule has 0 bridgehead atoms. The normalized spacial score (nSPS) is 20.2. The second kappa shape index (κ2) is 13.7. The lowest BCUT2D eigenvalue weighted by Gasteiger charge is -2.51. The van der Waals surface area contributed by atoms with E-state index in [0.29, 0.717) is 17.0 Å². The van der Waals surface area contributed by atoms with Crippen LogP contribution in [0.5, 0.6) is 0 Å². The zero-order valence-corrected chi connectivity index (χ0v) is 26.9. The van der Waals surface area contributed by atoms with E-state index in [9.17, 15) is 19.6 Å². The first-order valence-electron chi connectivity index (χ1n) is 14.3. The maximum absolute atomic E-state index is 14.7. The summed E-state index contributed by atoms with van der Waals surface area (Å²) in [5, 5.41) is 18.5. The van der Waals surface area contributed by atoms with Gasteiger partial charge in [0.05, 0.1) is 27.2 Å². The van der Waals surface area contributed by atoms with Crippen molar-refractivity contribution in [3.63, 3.8) is 0 Å². The number of amides is 3. The lowest BCUT2D eigenvalue weighted by molar-refractivity contribution is -0.948. The van der Waals surface area contributed by atoms with E-state index in [-0.39, 0.29) is 42.9 Å². The SMILES string of the molecule is CC[N+]([O-])(C(=O)C[N+](C)(C)C)N1[C@H](C)CCN([C@H](Cc2cccc3ccccc23)C(N)=O)C(=O)[C@@H]1c1cccc(Cl)c1.[Cl-]. The molecule has 4 rings (SSSR count). The third kappa shape index (κ3) is 7.37. The van der Waals surface area contributed by atoms with Crippen LogP contribution in [0.2, 0.25) is 5.02 Å². The Morgan fingerprint density at radius 3 is 2.35 bits per heavy atom. The first-order valence-corrected chi connectivity index (χ1v) is 14.7. The Hall–Kier alpha value is -3.05. The molecule has 2 N–H and O–H groups in total. The van der Waals surface area contributed by atoms with Gasteiger partial charge in [-0.3, -0.25) is 9.59 Å². The Morgan fingerprint density at radius 1 is 1.07 bits per heavy atom. The zero-order valence-electron chi connectivity index (χ0n) is 25.4. The summed E-state index contributed by atoms with van der Waals surface area (Å²) in [5.41, 5.74) is 7.35. The Morgan fingerprint density at radius 2 is 1.72 bits per heavy atom. The molecule has 9 nitrogen and oxygen atoms in total. The molecule has 1 saturated heterocycles. The summed E-state index contributed by atoms with van der Waals surface area (Å²) in [6, 6.07) is 17.9. The number of primary amides is 1. The number of hydrogen-bond donors (Lipinski definition) is 1. The van der Waals surface area contributed by atoms with Gasteiger partial charge in [0.25, 0.3) is 5.91 Å². The van der Waals surface area contributed by atoms with Gasteiger partial charge in [-0.2, -0.15) is 0 Å². The number of nitrogens with zero attached hydrogens (tertiary/aromatic N) is 4. The van der Waals surface area contributed by atoms with Crippen LogP contribution in [0, 0.1) is 5.21 Å². The number of carbonyl (C=O) groups is 3. The van der Waals surface area contributed by atoms with Crippen LogP contribution in [0.1, 0.15) is 37.4 Å². The minimum absolute atomic E-state index is 0. The first-order chi connectivity index (χ1) is 19.8. The molecule has 3 amide bonds. The summed E-state index contributed by atoms with van der Waals surface area (Å²) in [7, 11) is 5.53. The van der Waals surface area contributed by atoms with Crippen molar-refractivity contribution in [2.45, 2.75) is 44.8 Å². The number of quaternary nitrogens is 2. The highest BCUT2D eigenvalue weighted by Crippen LogP contribution is 2.37. The van der Waals surface area contributed by atoms with Crippen LogP contribution < -0.4 is 18.1 Å².